The highest BCUT2D eigenvalue weighted by Crippen LogP contribution is 2.38. The van der Waals surface area contributed by atoms with Crippen LogP contribution in [0.15, 0.2) is 137 Å². The first kappa shape index (κ1) is 33.0. The normalized spacial score (nSPS) is 14.4. The second-order valence-corrected chi connectivity index (χ2v) is 13.4. The number of nitrogens with zero attached hydrogens (tertiary/aromatic N) is 3. The van der Waals surface area contributed by atoms with Crippen molar-refractivity contribution in [3.8, 4) is 11.5 Å². The molecule has 5 aromatic carbocycles. The summed E-state index contributed by atoms with van der Waals surface area (Å²) in [7, 11) is 3.12. The van der Waals surface area contributed by atoms with Crippen LogP contribution in [0.5, 0.6) is 11.5 Å². The standard InChI is InChI=1S/C43H35N3O5S/c1-4-51-42(48)38-39(28-14-6-5-7-15-28)44-43-46(40(38)29-21-22-35(49-2)36(23-29)50-3)41(47)37(52-43)24-31-26-45(34-20-11-10-19-33(31)34)25-30-17-12-16-27-13-8-9-18-32(27)30/h5-24,26,40H,4,25H2,1-3H3/b37-24-/t40-/m0/s1. The van der Waals surface area contributed by atoms with E-state index >= 15 is 0 Å². The minimum atomic E-state index is -0.847. The zero-order valence-electron chi connectivity index (χ0n) is 28.9. The monoisotopic (exact) mass is 705 g/mol. The third-order valence-corrected chi connectivity index (χ3v) is 10.4. The van der Waals surface area contributed by atoms with Gasteiger partial charge in [0, 0.05) is 34.8 Å². The molecule has 52 heavy (non-hydrogen) atoms. The summed E-state index contributed by atoms with van der Waals surface area (Å²) in [5.74, 6) is 0.460. The lowest BCUT2D eigenvalue weighted by molar-refractivity contribution is -0.138. The van der Waals surface area contributed by atoms with Crippen molar-refractivity contribution >= 4 is 50.8 Å². The Bertz CT molecular complexity index is 2700. The fourth-order valence-electron chi connectivity index (χ4n) is 7.05. The molecule has 258 valence electrons. The van der Waals surface area contributed by atoms with E-state index in [1.54, 1.807) is 37.8 Å². The van der Waals surface area contributed by atoms with E-state index in [0.29, 0.717) is 38.6 Å². The van der Waals surface area contributed by atoms with Crippen LogP contribution in [0.25, 0.3) is 33.4 Å². The summed E-state index contributed by atoms with van der Waals surface area (Å²) in [5.41, 5.74) is 5.05. The Morgan fingerprint density at radius 2 is 1.58 bits per heavy atom. The van der Waals surface area contributed by atoms with Crippen LogP contribution in [-0.4, -0.2) is 35.9 Å². The molecule has 7 aromatic rings. The van der Waals surface area contributed by atoms with Crippen LogP contribution < -0.4 is 24.4 Å². The van der Waals surface area contributed by atoms with E-state index in [4.69, 9.17) is 19.2 Å². The van der Waals surface area contributed by atoms with Crippen molar-refractivity contribution in [1.82, 2.24) is 9.13 Å². The van der Waals surface area contributed by atoms with Gasteiger partial charge in [-0.15, -0.1) is 0 Å². The number of methoxy groups -OCH3 is 2. The van der Waals surface area contributed by atoms with Gasteiger partial charge in [-0.3, -0.25) is 9.36 Å². The molecule has 0 saturated carbocycles. The molecule has 0 unspecified atom stereocenters. The van der Waals surface area contributed by atoms with Gasteiger partial charge in [-0.1, -0.05) is 108 Å². The van der Waals surface area contributed by atoms with Gasteiger partial charge in [0.1, 0.15) is 0 Å². The lowest BCUT2D eigenvalue weighted by Gasteiger charge is -2.26. The molecule has 0 N–H and O–H groups in total. The number of fused-ring (bicyclic) bond motifs is 3. The van der Waals surface area contributed by atoms with Gasteiger partial charge in [0.2, 0.25) is 0 Å². The number of esters is 1. The Balaban J connectivity index is 1.34. The minimum Gasteiger partial charge on any atom is -0.493 e. The van der Waals surface area contributed by atoms with E-state index in [1.165, 1.54) is 27.7 Å². The number of hydrogen-bond donors (Lipinski definition) is 0. The molecule has 3 heterocycles. The highest BCUT2D eigenvalue weighted by Gasteiger charge is 2.35. The lowest BCUT2D eigenvalue weighted by Crippen LogP contribution is -2.40. The molecule has 0 spiro atoms. The summed E-state index contributed by atoms with van der Waals surface area (Å²) in [6.45, 7) is 2.59. The maximum atomic E-state index is 14.7. The first-order chi connectivity index (χ1) is 25.5. The molecule has 0 amide bonds. The first-order valence-electron chi connectivity index (χ1n) is 17.0. The first-order valence-corrected chi connectivity index (χ1v) is 17.9. The Morgan fingerprint density at radius 1 is 0.846 bits per heavy atom. The third kappa shape index (κ3) is 5.78. The van der Waals surface area contributed by atoms with Crippen LogP contribution >= 0.6 is 11.3 Å². The van der Waals surface area contributed by atoms with Crippen molar-refractivity contribution < 1.29 is 19.0 Å². The fourth-order valence-corrected chi connectivity index (χ4v) is 8.05. The SMILES string of the molecule is CCOC(=O)C1=C(c2ccccc2)N=c2s/c(=C\c3cn(Cc4cccc5ccccc45)c4ccccc34)c(=O)n2[C@H]1c1ccc(OC)c(OC)c1. The number of ether oxygens (including phenoxy) is 3. The topological polar surface area (TPSA) is 84.1 Å². The van der Waals surface area contributed by atoms with Crippen LogP contribution in [0.3, 0.4) is 0 Å². The molecule has 1 aliphatic rings. The molecule has 2 aromatic heterocycles. The van der Waals surface area contributed by atoms with E-state index in [1.807, 2.05) is 54.6 Å². The smallest absolute Gasteiger partial charge is 0.338 e. The van der Waals surface area contributed by atoms with Crippen LogP contribution in [0.1, 0.15) is 35.2 Å². The van der Waals surface area contributed by atoms with E-state index in [0.717, 1.165) is 22.0 Å². The minimum absolute atomic E-state index is 0.163. The van der Waals surface area contributed by atoms with Gasteiger partial charge in [-0.25, -0.2) is 9.79 Å². The molecule has 9 heteroatoms. The maximum Gasteiger partial charge on any atom is 0.338 e. The number of thiazole rings is 1. The lowest BCUT2D eigenvalue weighted by atomic mass is 9.93. The van der Waals surface area contributed by atoms with E-state index < -0.39 is 12.0 Å². The van der Waals surface area contributed by atoms with Crippen LogP contribution in [-0.2, 0) is 16.1 Å². The predicted molar refractivity (Wildman–Crippen MR) is 206 cm³/mol. The molecular formula is C43H35N3O5S. The molecule has 1 atom stereocenters. The second-order valence-electron chi connectivity index (χ2n) is 12.4. The van der Waals surface area contributed by atoms with Crippen molar-refractivity contribution in [2.45, 2.75) is 19.5 Å². The molecule has 0 bridgehead atoms. The average Bonchev–Trinajstić information content (AvgIpc) is 3.69. The zero-order valence-corrected chi connectivity index (χ0v) is 29.7. The average molecular weight is 706 g/mol. The molecule has 0 aliphatic carbocycles. The molecule has 0 fully saturated rings. The quantitative estimate of drug-likeness (QED) is 0.150. The van der Waals surface area contributed by atoms with Crippen LogP contribution in [0, 0.1) is 0 Å². The highest BCUT2D eigenvalue weighted by atomic mass is 32.1. The Labute approximate surface area is 303 Å². The van der Waals surface area contributed by atoms with Crippen molar-refractivity contribution in [2.75, 3.05) is 20.8 Å². The van der Waals surface area contributed by atoms with Gasteiger partial charge in [-0.05, 0) is 53.1 Å². The van der Waals surface area contributed by atoms with E-state index in [9.17, 15) is 9.59 Å². The number of carbonyl (C=O) groups excluding carboxylic acids is 1. The van der Waals surface area contributed by atoms with Gasteiger partial charge in [0.15, 0.2) is 16.3 Å². The van der Waals surface area contributed by atoms with Gasteiger partial charge in [0.25, 0.3) is 5.56 Å². The third-order valence-electron chi connectivity index (χ3n) is 9.42. The fraction of sp³-hybridized carbons (Fsp3) is 0.140. The molecule has 8 rings (SSSR count). The Hall–Kier alpha value is -6.19. The Morgan fingerprint density at radius 3 is 2.37 bits per heavy atom. The number of hydrogen-bond acceptors (Lipinski definition) is 7. The second kappa shape index (κ2) is 13.8. The molecular weight excluding hydrogens is 671 g/mol. The largest absolute Gasteiger partial charge is 0.493 e. The van der Waals surface area contributed by atoms with E-state index in [-0.39, 0.29) is 17.7 Å². The number of rotatable bonds is 9. The van der Waals surface area contributed by atoms with E-state index in [2.05, 4.69) is 65.4 Å². The summed E-state index contributed by atoms with van der Waals surface area (Å²) >= 11 is 1.30. The maximum absolute atomic E-state index is 14.7. The van der Waals surface area contributed by atoms with Gasteiger partial charge < -0.3 is 18.8 Å². The summed E-state index contributed by atoms with van der Waals surface area (Å²) < 4.78 is 21.1. The van der Waals surface area contributed by atoms with Crippen molar-refractivity contribution in [2.24, 2.45) is 4.99 Å². The number of aromatic nitrogens is 2. The van der Waals surface area contributed by atoms with Gasteiger partial charge in [-0.2, -0.15) is 0 Å². The summed E-state index contributed by atoms with van der Waals surface area (Å²) in [6.07, 6.45) is 4.05. The van der Waals surface area contributed by atoms with Gasteiger partial charge >= 0.3 is 5.97 Å². The molecule has 0 saturated heterocycles. The number of carbonyl (C=O) groups is 1. The number of benzene rings is 5. The Kier molecular flexibility index (Phi) is 8.78. The van der Waals surface area contributed by atoms with Crippen molar-refractivity contribution in [3.05, 3.63) is 169 Å². The summed E-state index contributed by atoms with van der Waals surface area (Å²) in [4.78, 5) is 34.1. The zero-order chi connectivity index (χ0) is 35.8. The van der Waals surface area contributed by atoms with Crippen LogP contribution in [0.4, 0.5) is 0 Å². The molecule has 0 radical (unpaired) electrons. The van der Waals surface area contributed by atoms with Crippen molar-refractivity contribution in [1.29, 1.82) is 0 Å². The van der Waals surface area contributed by atoms with Crippen molar-refractivity contribution in [3.63, 3.8) is 0 Å². The number of para-hydroxylation sites is 1. The summed E-state index contributed by atoms with van der Waals surface area (Å²) in [5, 5.41) is 3.43. The highest BCUT2D eigenvalue weighted by molar-refractivity contribution is 7.07. The summed E-state index contributed by atoms with van der Waals surface area (Å²) in [6, 6.07) is 37.1. The van der Waals surface area contributed by atoms with Crippen LogP contribution in [0.2, 0.25) is 0 Å². The van der Waals surface area contributed by atoms with Gasteiger partial charge in [0.05, 0.1) is 42.7 Å². The molecule has 1 aliphatic heterocycles. The molecule has 8 nitrogen and oxygen atoms in total. The predicted octanol–water partition coefficient (Wildman–Crippen LogP) is 7.11.